The van der Waals surface area contributed by atoms with Crippen molar-refractivity contribution < 1.29 is 0 Å². The summed E-state index contributed by atoms with van der Waals surface area (Å²) in [5.41, 5.74) is 0.831. The van der Waals surface area contributed by atoms with E-state index in [9.17, 15) is 4.79 Å². The topological polar surface area (TPSA) is 63.6 Å². The van der Waals surface area contributed by atoms with Crippen LogP contribution in [0.25, 0.3) is 11.2 Å². The summed E-state index contributed by atoms with van der Waals surface area (Å²) in [7, 11) is 1.81. The Kier molecular flexibility index (Phi) is 3.01. The van der Waals surface area contributed by atoms with Gasteiger partial charge in [-0.3, -0.25) is 4.79 Å². The number of H-pyrrole nitrogens is 1. The quantitative estimate of drug-likeness (QED) is 0.680. The van der Waals surface area contributed by atoms with Crippen LogP contribution in [0.5, 0.6) is 0 Å². The van der Waals surface area contributed by atoms with E-state index in [0.29, 0.717) is 17.0 Å². The minimum atomic E-state index is -0.182. The van der Waals surface area contributed by atoms with E-state index in [1.54, 1.807) is 24.9 Å². The summed E-state index contributed by atoms with van der Waals surface area (Å²) in [4.78, 5) is 21.9. The van der Waals surface area contributed by atoms with Gasteiger partial charge >= 0.3 is 0 Å². The van der Waals surface area contributed by atoms with Gasteiger partial charge in [0.1, 0.15) is 5.82 Å². The Morgan fingerprint density at radius 3 is 2.71 bits per heavy atom. The zero-order valence-electron chi connectivity index (χ0n) is 8.83. The minimum absolute atomic E-state index is 0.182. The number of aryl methyl sites for hydroxylation is 2. The molecular formula is C9H14N4O. The van der Waals surface area contributed by atoms with Gasteiger partial charge in [-0.25, -0.2) is 9.97 Å². The molecule has 2 aromatic heterocycles. The van der Waals surface area contributed by atoms with E-state index in [1.807, 2.05) is 13.8 Å². The number of nitrogens with zero attached hydrogens (tertiary/aromatic N) is 3. The summed E-state index contributed by atoms with van der Waals surface area (Å²) in [5.74, 6) is 0.608. The smallest absolute Gasteiger partial charge is 0.279 e. The lowest BCUT2D eigenvalue weighted by Gasteiger charge is -1.93. The largest absolute Gasteiger partial charge is 0.318 e. The first-order valence-corrected chi connectivity index (χ1v) is 4.56. The Morgan fingerprint density at radius 2 is 2.07 bits per heavy atom. The van der Waals surface area contributed by atoms with Crippen molar-refractivity contribution in [2.75, 3.05) is 0 Å². The molecule has 0 aliphatic rings. The number of imidazole rings is 1. The molecule has 76 valence electrons. The molecule has 0 aliphatic carbocycles. The van der Waals surface area contributed by atoms with Crippen molar-refractivity contribution >= 4 is 11.2 Å². The molecule has 0 saturated carbocycles. The van der Waals surface area contributed by atoms with Crippen LogP contribution in [0.4, 0.5) is 0 Å². The molecule has 0 unspecified atom stereocenters. The zero-order valence-corrected chi connectivity index (χ0v) is 8.83. The molecule has 0 fully saturated rings. The number of hydrogen-bond donors (Lipinski definition) is 1. The van der Waals surface area contributed by atoms with Gasteiger partial charge in [-0.2, -0.15) is 0 Å². The summed E-state index contributed by atoms with van der Waals surface area (Å²) in [6.45, 7) is 5.74. The highest BCUT2D eigenvalue weighted by Gasteiger charge is 2.04. The maximum absolute atomic E-state index is 11.2. The normalized spacial score (nSPS) is 9.71. The van der Waals surface area contributed by atoms with Crippen molar-refractivity contribution in [2.45, 2.75) is 20.8 Å². The third kappa shape index (κ3) is 1.66. The predicted octanol–water partition coefficient (Wildman–Crippen LogP) is 0.991. The maximum Gasteiger partial charge on any atom is 0.279 e. The second-order valence-corrected chi connectivity index (χ2v) is 2.68. The summed E-state index contributed by atoms with van der Waals surface area (Å²) < 4.78 is 1.72. The molecule has 0 bridgehead atoms. The molecular weight excluding hydrogens is 180 g/mol. The second-order valence-electron chi connectivity index (χ2n) is 2.68. The molecule has 0 amide bonds. The van der Waals surface area contributed by atoms with Crippen LogP contribution in [0.1, 0.15) is 19.7 Å². The average molecular weight is 194 g/mol. The van der Waals surface area contributed by atoms with Crippen LogP contribution in [0, 0.1) is 6.92 Å². The standard InChI is InChI=1S/C7H8N4O.C2H6/c1-4-9-6-5(7(12)10-4)8-3-11(6)2;1-2/h3H,1-2H3,(H,9,10,12);1-2H3. The second kappa shape index (κ2) is 4.04. The van der Waals surface area contributed by atoms with E-state index >= 15 is 0 Å². The molecule has 2 aromatic rings. The highest BCUT2D eigenvalue weighted by atomic mass is 16.1. The van der Waals surface area contributed by atoms with Gasteiger partial charge in [0.2, 0.25) is 0 Å². The van der Waals surface area contributed by atoms with Gasteiger partial charge in [0.25, 0.3) is 5.56 Å². The Morgan fingerprint density at radius 1 is 1.43 bits per heavy atom. The number of aromatic amines is 1. The van der Waals surface area contributed by atoms with Crippen molar-refractivity contribution in [2.24, 2.45) is 7.05 Å². The SMILES string of the molecule is CC.Cc1nc2c(ncn2C)c(=O)[nH]1. The van der Waals surface area contributed by atoms with E-state index in [1.165, 1.54) is 0 Å². The lowest BCUT2D eigenvalue weighted by atomic mass is 10.5. The fourth-order valence-electron chi connectivity index (χ4n) is 1.13. The van der Waals surface area contributed by atoms with Crippen molar-refractivity contribution in [1.82, 2.24) is 19.5 Å². The lowest BCUT2D eigenvalue weighted by molar-refractivity contribution is 0.917. The van der Waals surface area contributed by atoms with Crippen molar-refractivity contribution in [3.8, 4) is 0 Å². The average Bonchev–Trinajstić information content (AvgIpc) is 2.52. The Hall–Kier alpha value is -1.65. The van der Waals surface area contributed by atoms with Gasteiger partial charge in [0.15, 0.2) is 11.2 Å². The van der Waals surface area contributed by atoms with Crippen molar-refractivity contribution in [3.05, 3.63) is 22.5 Å². The monoisotopic (exact) mass is 194 g/mol. The van der Waals surface area contributed by atoms with Gasteiger partial charge < -0.3 is 9.55 Å². The van der Waals surface area contributed by atoms with Crippen LogP contribution in [0.2, 0.25) is 0 Å². The molecule has 14 heavy (non-hydrogen) atoms. The maximum atomic E-state index is 11.2. The lowest BCUT2D eigenvalue weighted by Crippen LogP contribution is -2.10. The Balaban J connectivity index is 0.000000461. The number of aromatic nitrogens is 4. The summed E-state index contributed by atoms with van der Waals surface area (Å²) in [5, 5.41) is 0. The number of nitrogens with one attached hydrogen (secondary N) is 1. The number of rotatable bonds is 0. The van der Waals surface area contributed by atoms with Gasteiger partial charge in [-0.15, -0.1) is 0 Å². The van der Waals surface area contributed by atoms with E-state index in [0.717, 1.165) is 0 Å². The number of hydrogen-bond acceptors (Lipinski definition) is 3. The predicted molar refractivity (Wildman–Crippen MR) is 55.2 cm³/mol. The molecule has 2 rings (SSSR count). The van der Waals surface area contributed by atoms with Crippen LogP contribution in [-0.4, -0.2) is 19.5 Å². The molecule has 1 N–H and O–H groups in total. The molecule has 2 heterocycles. The molecule has 0 atom stereocenters. The van der Waals surface area contributed by atoms with Crippen LogP contribution in [0.3, 0.4) is 0 Å². The Bertz CT molecular complexity index is 483. The van der Waals surface area contributed by atoms with E-state index in [-0.39, 0.29) is 5.56 Å². The van der Waals surface area contributed by atoms with Crippen LogP contribution >= 0.6 is 0 Å². The first-order valence-electron chi connectivity index (χ1n) is 4.56. The molecule has 0 aliphatic heterocycles. The van der Waals surface area contributed by atoms with Crippen LogP contribution in [0.15, 0.2) is 11.1 Å². The third-order valence-electron chi connectivity index (χ3n) is 1.69. The molecule has 0 saturated heterocycles. The third-order valence-corrected chi connectivity index (χ3v) is 1.69. The highest BCUT2D eigenvalue weighted by molar-refractivity contribution is 5.68. The molecule has 5 heteroatoms. The Labute approximate surface area is 81.8 Å². The van der Waals surface area contributed by atoms with E-state index in [4.69, 9.17) is 0 Å². The van der Waals surface area contributed by atoms with Crippen molar-refractivity contribution in [1.29, 1.82) is 0 Å². The molecule has 0 spiro atoms. The van der Waals surface area contributed by atoms with Gasteiger partial charge in [-0.05, 0) is 6.92 Å². The van der Waals surface area contributed by atoms with Gasteiger partial charge in [0, 0.05) is 7.05 Å². The highest BCUT2D eigenvalue weighted by Crippen LogP contribution is 2.01. The minimum Gasteiger partial charge on any atom is -0.318 e. The van der Waals surface area contributed by atoms with Gasteiger partial charge in [0.05, 0.1) is 6.33 Å². The summed E-state index contributed by atoms with van der Waals surface area (Å²) in [6.07, 6.45) is 1.58. The zero-order chi connectivity index (χ0) is 10.7. The van der Waals surface area contributed by atoms with E-state index < -0.39 is 0 Å². The van der Waals surface area contributed by atoms with Crippen LogP contribution in [-0.2, 0) is 7.05 Å². The first kappa shape index (κ1) is 10.4. The van der Waals surface area contributed by atoms with Crippen molar-refractivity contribution in [3.63, 3.8) is 0 Å². The first-order chi connectivity index (χ1) is 6.68. The molecule has 0 radical (unpaired) electrons. The number of fused-ring (bicyclic) bond motifs is 1. The summed E-state index contributed by atoms with van der Waals surface area (Å²) in [6, 6.07) is 0. The fourth-order valence-corrected chi connectivity index (χ4v) is 1.13. The molecule has 5 nitrogen and oxygen atoms in total. The molecule has 0 aromatic carbocycles. The fraction of sp³-hybridized carbons (Fsp3) is 0.444. The van der Waals surface area contributed by atoms with Gasteiger partial charge in [-0.1, -0.05) is 13.8 Å². The summed E-state index contributed by atoms with van der Waals surface area (Å²) >= 11 is 0. The van der Waals surface area contributed by atoms with Crippen LogP contribution < -0.4 is 5.56 Å². The van der Waals surface area contributed by atoms with E-state index in [2.05, 4.69) is 15.0 Å².